The molecule has 1 aromatic heterocycles. The molecule has 0 N–H and O–H groups in total. The zero-order valence-corrected chi connectivity index (χ0v) is 24.2. The van der Waals surface area contributed by atoms with Gasteiger partial charge in [0.1, 0.15) is 11.3 Å². The fraction of sp³-hybridized carbons (Fsp3) is 0.0882. The normalized spacial score (nSPS) is 12.0. The van der Waals surface area contributed by atoms with Crippen LogP contribution in [0.4, 0.5) is 30.2 Å². The number of nitrogens with zero attached hydrogens (tertiary/aromatic N) is 1. The largest absolute Gasteiger partial charge is 0.534 e. The lowest BCUT2D eigenvalue weighted by Crippen LogP contribution is -2.28. The van der Waals surface area contributed by atoms with E-state index in [1.54, 1.807) is 12.1 Å². The van der Waals surface area contributed by atoms with E-state index in [1.807, 2.05) is 44.2 Å². The minimum absolute atomic E-state index is 0.117. The van der Waals surface area contributed by atoms with E-state index in [0.29, 0.717) is 10.8 Å². The van der Waals surface area contributed by atoms with Crippen LogP contribution in [-0.2, 0) is 10.1 Å². The molecule has 6 aromatic rings. The van der Waals surface area contributed by atoms with Gasteiger partial charge in [-0.15, -0.1) is 0 Å². The van der Waals surface area contributed by atoms with E-state index in [-0.39, 0.29) is 11.0 Å². The number of hydrogen-bond acceptors (Lipinski definition) is 6. The van der Waals surface area contributed by atoms with Crippen LogP contribution in [0.2, 0.25) is 0 Å². The second-order valence-corrected chi connectivity index (χ2v) is 11.9. The molecule has 0 saturated heterocycles. The van der Waals surface area contributed by atoms with Crippen molar-refractivity contribution in [2.75, 3.05) is 4.90 Å². The van der Waals surface area contributed by atoms with Gasteiger partial charge in [0.25, 0.3) is 0 Å². The standard InChI is InChI=1S/C34H24F3NO5S/c1-21-6-11-25(12-7-21)38(26-13-8-22(2)9-14-26)27-5-3-4-23(18-27)24-10-16-30-29-17-15-28(43-44(40,41)34(35,36)37)20-31(29)33(39)42-32(30)19-24/h3-20H,1-2H3. The highest BCUT2D eigenvalue weighted by molar-refractivity contribution is 7.88. The molecule has 5 aromatic carbocycles. The predicted octanol–water partition coefficient (Wildman–Crippen LogP) is 8.93. The summed E-state index contributed by atoms with van der Waals surface area (Å²) in [5.41, 5.74) is 0.603. The van der Waals surface area contributed by atoms with Crippen molar-refractivity contribution in [3.05, 3.63) is 131 Å². The average Bonchev–Trinajstić information content (AvgIpc) is 2.98. The maximum atomic E-state index is 12.9. The van der Waals surface area contributed by atoms with E-state index < -0.39 is 27.0 Å². The Bertz CT molecular complexity index is 2150. The Balaban J connectivity index is 1.41. The second-order valence-electron chi connectivity index (χ2n) is 10.3. The summed E-state index contributed by atoms with van der Waals surface area (Å²) in [5, 5.41) is 0.776. The van der Waals surface area contributed by atoms with Crippen LogP contribution in [0.5, 0.6) is 5.75 Å². The van der Waals surface area contributed by atoms with E-state index in [1.165, 1.54) is 6.07 Å². The molecule has 222 valence electrons. The summed E-state index contributed by atoms with van der Waals surface area (Å²) in [7, 11) is -5.90. The SMILES string of the molecule is Cc1ccc(N(c2ccc(C)cc2)c2cccc(-c3ccc4c(c3)oc(=O)c3cc(OS(=O)(=O)C(F)(F)F)ccc34)c2)cc1. The van der Waals surface area contributed by atoms with Gasteiger partial charge in [-0.1, -0.05) is 53.6 Å². The summed E-state index contributed by atoms with van der Waals surface area (Å²) in [5.74, 6) is -0.651. The van der Waals surface area contributed by atoms with E-state index in [2.05, 4.69) is 57.6 Å². The lowest BCUT2D eigenvalue weighted by atomic mass is 10.0. The summed E-state index contributed by atoms with van der Waals surface area (Å²) >= 11 is 0. The molecule has 44 heavy (non-hydrogen) atoms. The number of aryl methyl sites for hydroxylation is 2. The van der Waals surface area contributed by atoms with Gasteiger partial charge in [-0.25, -0.2) is 4.79 Å². The molecule has 0 saturated carbocycles. The lowest BCUT2D eigenvalue weighted by molar-refractivity contribution is -0.0500. The molecule has 0 radical (unpaired) electrons. The van der Waals surface area contributed by atoms with Gasteiger partial charge < -0.3 is 13.5 Å². The van der Waals surface area contributed by atoms with Gasteiger partial charge >= 0.3 is 21.3 Å². The van der Waals surface area contributed by atoms with E-state index in [0.717, 1.165) is 51.4 Å². The van der Waals surface area contributed by atoms with Crippen molar-refractivity contribution in [3.63, 3.8) is 0 Å². The first kappa shape index (κ1) is 29.0. The van der Waals surface area contributed by atoms with Gasteiger partial charge in [-0.05, 0) is 91.7 Å². The lowest BCUT2D eigenvalue weighted by Gasteiger charge is -2.26. The van der Waals surface area contributed by atoms with Crippen LogP contribution in [0.1, 0.15) is 11.1 Å². The van der Waals surface area contributed by atoms with Crippen LogP contribution >= 0.6 is 0 Å². The maximum Gasteiger partial charge on any atom is 0.534 e. The van der Waals surface area contributed by atoms with Gasteiger partial charge in [0.15, 0.2) is 0 Å². The van der Waals surface area contributed by atoms with Gasteiger partial charge in [-0.3, -0.25) is 0 Å². The highest BCUT2D eigenvalue weighted by Crippen LogP contribution is 2.38. The minimum Gasteiger partial charge on any atom is -0.422 e. The number of hydrogen-bond donors (Lipinski definition) is 0. The molecule has 0 amide bonds. The first-order chi connectivity index (χ1) is 20.9. The topological polar surface area (TPSA) is 76.8 Å². The zero-order valence-electron chi connectivity index (χ0n) is 23.4. The van der Waals surface area contributed by atoms with E-state index in [9.17, 15) is 26.4 Å². The number of fused-ring (bicyclic) bond motifs is 3. The number of anilines is 3. The Morgan fingerprint density at radius 2 is 1.25 bits per heavy atom. The highest BCUT2D eigenvalue weighted by atomic mass is 32.2. The smallest absolute Gasteiger partial charge is 0.422 e. The number of halogens is 3. The van der Waals surface area contributed by atoms with Gasteiger partial charge in [0, 0.05) is 27.8 Å². The van der Waals surface area contributed by atoms with Gasteiger partial charge in [-0.2, -0.15) is 21.6 Å². The summed E-state index contributed by atoms with van der Waals surface area (Å²) in [4.78, 5) is 15.0. The summed E-state index contributed by atoms with van der Waals surface area (Å²) in [6.45, 7) is 4.07. The maximum absolute atomic E-state index is 12.9. The molecule has 0 spiro atoms. The van der Waals surface area contributed by atoms with Gasteiger partial charge in [0.05, 0.1) is 5.39 Å². The molecular formula is C34H24F3NO5S. The van der Waals surface area contributed by atoms with Crippen molar-refractivity contribution in [2.45, 2.75) is 19.4 Å². The van der Waals surface area contributed by atoms with Crippen molar-refractivity contribution >= 4 is 48.9 Å². The second kappa shape index (κ2) is 10.9. The first-order valence-corrected chi connectivity index (χ1v) is 14.9. The predicted molar refractivity (Wildman–Crippen MR) is 165 cm³/mol. The Kier molecular flexibility index (Phi) is 7.17. The van der Waals surface area contributed by atoms with Crippen LogP contribution in [0.15, 0.2) is 118 Å². The minimum atomic E-state index is -5.90. The molecule has 1 heterocycles. The Labute approximate surface area is 250 Å². The van der Waals surface area contributed by atoms with Crippen molar-refractivity contribution in [3.8, 4) is 16.9 Å². The molecule has 10 heteroatoms. The van der Waals surface area contributed by atoms with Crippen molar-refractivity contribution in [2.24, 2.45) is 0 Å². The first-order valence-electron chi connectivity index (χ1n) is 13.4. The fourth-order valence-corrected chi connectivity index (χ4v) is 5.43. The molecule has 0 atom stereocenters. The molecule has 0 aliphatic heterocycles. The van der Waals surface area contributed by atoms with Crippen LogP contribution in [-0.4, -0.2) is 13.9 Å². The number of benzene rings is 5. The summed E-state index contributed by atoms with van der Waals surface area (Å²) in [6.07, 6.45) is 0. The molecule has 0 bridgehead atoms. The zero-order chi connectivity index (χ0) is 31.2. The molecule has 6 rings (SSSR count). The summed E-state index contributed by atoms with van der Waals surface area (Å²) in [6, 6.07) is 33.0. The van der Waals surface area contributed by atoms with Crippen LogP contribution < -0.4 is 14.7 Å². The molecule has 0 unspecified atom stereocenters. The monoisotopic (exact) mass is 615 g/mol. The fourth-order valence-electron chi connectivity index (χ4n) is 4.98. The number of rotatable bonds is 6. The highest BCUT2D eigenvalue weighted by Gasteiger charge is 2.48. The van der Waals surface area contributed by atoms with Crippen molar-refractivity contribution in [1.82, 2.24) is 0 Å². The third-order valence-electron chi connectivity index (χ3n) is 7.20. The van der Waals surface area contributed by atoms with Gasteiger partial charge in [0.2, 0.25) is 0 Å². The number of alkyl halides is 3. The van der Waals surface area contributed by atoms with Crippen LogP contribution in [0.25, 0.3) is 32.9 Å². The third kappa shape index (κ3) is 5.51. The quantitative estimate of drug-likeness (QED) is 0.0806. The Morgan fingerprint density at radius 1 is 0.659 bits per heavy atom. The van der Waals surface area contributed by atoms with E-state index >= 15 is 0 Å². The average molecular weight is 616 g/mol. The Hall–Kier alpha value is -5.09. The van der Waals surface area contributed by atoms with Crippen molar-refractivity contribution < 1.29 is 30.2 Å². The van der Waals surface area contributed by atoms with Crippen LogP contribution in [0, 0.1) is 13.8 Å². The molecule has 0 aliphatic carbocycles. The molecule has 0 fully saturated rings. The van der Waals surface area contributed by atoms with E-state index in [4.69, 9.17) is 4.42 Å². The summed E-state index contributed by atoms with van der Waals surface area (Å²) < 4.78 is 70.9. The van der Waals surface area contributed by atoms with Crippen molar-refractivity contribution in [1.29, 1.82) is 0 Å². The molecule has 6 nitrogen and oxygen atoms in total. The third-order valence-corrected chi connectivity index (χ3v) is 8.18. The van der Waals surface area contributed by atoms with Crippen LogP contribution in [0.3, 0.4) is 0 Å². The molecule has 0 aliphatic rings. The molecular weight excluding hydrogens is 591 g/mol. The Morgan fingerprint density at radius 3 is 1.86 bits per heavy atom.